The van der Waals surface area contributed by atoms with Crippen LogP contribution in [0.2, 0.25) is 5.02 Å². The maximum Gasteiger partial charge on any atom is 0.243 e. The van der Waals surface area contributed by atoms with Gasteiger partial charge < -0.3 is 4.90 Å². The standard InChI is InChI=1S/C16H25ClN2O2S/c1-3-4-5-8-18-9-11-19(12-10-18)22(20,21)15-6-7-16(17)14(2)13-15/h6-7,13H,3-5,8-12H2,1-2H3. The van der Waals surface area contributed by atoms with Crippen LogP contribution >= 0.6 is 11.6 Å². The molecule has 0 N–H and O–H groups in total. The third-order valence-electron chi connectivity index (χ3n) is 4.18. The van der Waals surface area contributed by atoms with Gasteiger partial charge in [0.1, 0.15) is 0 Å². The van der Waals surface area contributed by atoms with Crippen LogP contribution in [0.5, 0.6) is 0 Å². The number of hydrogen-bond donors (Lipinski definition) is 0. The minimum absolute atomic E-state index is 0.342. The predicted molar refractivity (Wildman–Crippen MR) is 90.9 cm³/mol. The Morgan fingerprint density at radius 3 is 2.41 bits per heavy atom. The molecule has 6 heteroatoms. The summed E-state index contributed by atoms with van der Waals surface area (Å²) in [5.74, 6) is 0. The van der Waals surface area contributed by atoms with Gasteiger partial charge in [-0.15, -0.1) is 0 Å². The van der Waals surface area contributed by atoms with Gasteiger partial charge in [0.05, 0.1) is 4.90 Å². The van der Waals surface area contributed by atoms with E-state index in [1.54, 1.807) is 22.5 Å². The molecule has 0 bridgehead atoms. The summed E-state index contributed by atoms with van der Waals surface area (Å²) in [7, 11) is -3.40. The highest BCUT2D eigenvalue weighted by molar-refractivity contribution is 7.89. The second-order valence-corrected chi connectivity index (χ2v) is 8.21. The van der Waals surface area contributed by atoms with Crippen molar-refractivity contribution in [2.75, 3.05) is 32.7 Å². The quantitative estimate of drug-likeness (QED) is 0.744. The van der Waals surface area contributed by atoms with Crippen molar-refractivity contribution in [1.82, 2.24) is 9.21 Å². The topological polar surface area (TPSA) is 40.6 Å². The fourth-order valence-electron chi connectivity index (χ4n) is 2.71. The Morgan fingerprint density at radius 2 is 1.82 bits per heavy atom. The van der Waals surface area contributed by atoms with Crippen molar-refractivity contribution >= 4 is 21.6 Å². The maximum absolute atomic E-state index is 12.7. The molecule has 22 heavy (non-hydrogen) atoms. The molecule has 0 amide bonds. The second-order valence-electron chi connectivity index (χ2n) is 5.86. The summed E-state index contributed by atoms with van der Waals surface area (Å²) in [5, 5.41) is 0.597. The van der Waals surface area contributed by atoms with E-state index in [1.165, 1.54) is 19.3 Å². The first-order valence-electron chi connectivity index (χ1n) is 7.94. The molecule has 4 nitrogen and oxygen atoms in total. The summed E-state index contributed by atoms with van der Waals surface area (Å²) in [6, 6.07) is 4.91. The lowest BCUT2D eigenvalue weighted by atomic mass is 10.2. The molecule has 0 unspecified atom stereocenters. The molecule has 0 atom stereocenters. The van der Waals surface area contributed by atoms with Crippen LogP contribution in [0, 0.1) is 6.92 Å². The van der Waals surface area contributed by atoms with E-state index in [4.69, 9.17) is 11.6 Å². The molecule has 1 aliphatic heterocycles. The first-order valence-corrected chi connectivity index (χ1v) is 9.75. The van der Waals surface area contributed by atoms with Gasteiger partial charge in [-0.05, 0) is 43.7 Å². The number of piperazine rings is 1. The molecule has 1 aromatic rings. The van der Waals surface area contributed by atoms with Crippen LogP contribution in [-0.2, 0) is 10.0 Å². The maximum atomic E-state index is 12.7. The van der Waals surface area contributed by atoms with Crippen molar-refractivity contribution in [1.29, 1.82) is 0 Å². The molecular formula is C16H25ClN2O2S. The zero-order chi connectivity index (χ0) is 16.2. The molecule has 1 aliphatic rings. The first-order chi connectivity index (χ1) is 10.4. The molecule has 0 aliphatic carbocycles. The number of rotatable bonds is 6. The van der Waals surface area contributed by atoms with E-state index < -0.39 is 10.0 Å². The van der Waals surface area contributed by atoms with Crippen LogP contribution in [0.1, 0.15) is 31.7 Å². The molecular weight excluding hydrogens is 320 g/mol. The summed E-state index contributed by atoms with van der Waals surface area (Å²) in [6.45, 7) is 7.85. The number of aryl methyl sites for hydroxylation is 1. The van der Waals surface area contributed by atoms with Crippen molar-refractivity contribution < 1.29 is 8.42 Å². The van der Waals surface area contributed by atoms with Crippen LogP contribution in [0.4, 0.5) is 0 Å². The number of halogens is 1. The number of sulfonamides is 1. The van der Waals surface area contributed by atoms with E-state index in [0.717, 1.165) is 25.2 Å². The van der Waals surface area contributed by atoms with Gasteiger partial charge in [0.15, 0.2) is 0 Å². The van der Waals surface area contributed by atoms with Crippen LogP contribution in [0.25, 0.3) is 0 Å². The fourth-order valence-corrected chi connectivity index (χ4v) is 4.33. The van der Waals surface area contributed by atoms with Crippen molar-refractivity contribution in [3.05, 3.63) is 28.8 Å². The van der Waals surface area contributed by atoms with Crippen LogP contribution in [0.15, 0.2) is 23.1 Å². The average molecular weight is 345 g/mol. The van der Waals surface area contributed by atoms with Gasteiger partial charge in [0, 0.05) is 31.2 Å². The van der Waals surface area contributed by atoms with E-state index in [0.29, 0.717) is 23.0 Å². The zero-order valence-corrected chi connectivity index (χ0v) is 15.0. The fraction of sp³-hybridized carbons (Fsp3) is 0.625. The largest absolute Gasteiger partial charge is 0.301 e. The monoisotopic (exact) mass is 344 g/mol. The molecule has 0 aromatic heterocycles. The number of benzene rings is 1. The molecule has 0 spiro atoms. The van der Waals surface area contributed by atoms with Gasteiger partial charge in [-0.3, -0.25) is 0 Å². The lowest BCUT2D eigenvalue weighted by Crippen LogP contribution is -2.48. The van der Waals surface area contributed by atoms with E-state index in [1.807, 2.05) is 6.92 Å². The van der Waals surface area contributed by atoms with Crippen molar-refractivity contribution in [2.24, 2.45) is 0 Å². The molecule has 1 heterocycles. The Morgan fingerprint density at radius 1 is 1.14 bits per heavy atom. The van der Waals surface area contributed by atoms with Crippen LogP contribution < -0.4 is 0 Å². The summed E-state index contributed by atoms with van der Waals surface area (Å²) in [6.07, 6.45) is 3.65. The minimum Gasteiger partial charge on any atom is -0.301 e. The highest BCUT2D eigenvalue weighted by Crippen LogP contribution is 2.23. The van der Waals surface area contributed by atoms with Gasteiger partial charge in [0.2, 0.25) is 10.0 Å². The number of nitrogens with zero attached hydrogens (tertiary/aromatic N) is 2. The van der Waals surface area contributed by atoms with E-state index in [-0.39, 0.29) is 0 Å². The minimum atomic E-state index is -3.40. The highest BCUT2D eigenvalue weighted by atomic mass is 35.5. The molecule has 124 valence electrons. The Bertz CT molecular complexity index is 596. The summed E-state index contributed by atoms with van der Waals surface area (Å²) in [5.41, 5.74) is 0.793. The predicted octanol–water partition coefficient (Wildman–Crippen LogP) is 3.14. The first kappa shape index (κ1) is 17.7. The number of hydrogen-bond acceptors (Lipinski definition) is 3. The van der Waals surface area contributed by atoms with Crippen molar-refractivity contribution in [3.8, 4) is 0 Å². The Labute approximate surface area is 139 Å². The molecule has 1 aromatic carbocycles. The smallest absolute Gasteiger partial charge is 0.243 e. The number of unbranched alkanes of at least 4 members (excludes halogenated alkanes) is 2. The lowest BCUT2D eigenvalue weighted by molar-refractivity contribution is 0.185. The van der Waals surface area contributed by atoms with E-state index in [9.17, 15) is 8.42 Å². The molecule has 1 fully saturated rings. The Kier molecular flexibility index (Phi) is 6.26. The van der Waals surface area contributed by atoms with E-state index >= 15 is 0 Å². The van der Waals surface area contributed by atoms with Gasteiger partial charge in [-0.2, -0.15) is 4.31 Å². The summed E-state index contributed by atoms with van der Waals surface area (Å²) < 4.78 is 27.0. The van der Waals surface area contributed by atoms with Gasteiger partial charge in [0.25, 0.3) is 0 Å². The second kappa shape index (κ2) is 7.77. The molecule has 2 rings (SSSR count). The van der Waals surface area contributed by atoms with Crippen LogP contribution in [0.3, 0.4) is 0 Å². The molecule has 0 radical (unpaired) electrons. The Balaban J connectivity index is 1.98. The van der Waals surface area contributed by atoms with Crippen molar-refractivity contribution in [3.63, 3.8) is 0 Å². The summed E-state index contributed by atoms with van der Waals surface area (Å²) in [4.78, 5) is 2.70. The van der Waals surface area contributed by atoms with Gasteiger partial charge in [-0.25, -0.2) is 8.42 Å². The lowest BCUT2D eigenvalue weighted by Gasteiger charge is -2.34. The zero-order valence-electron chi connectivity index (χ0n) is 13.4. The molecule has 0 saturated carbocycles. The third kappa shape index (κ3) is 4.22. The van der Waals surface area contributed by atoms with Crippen LogP contribution in [-0.4, -0.2) is 50.3 Å². The normalized spacial score (nSPS) is 17.8. The van der Waals surface area contributed by atoms with Crippen molar-refractivity contribution in [2.45, 2.75) is 38.0 Å². The molecule has 1 saturated heterocycles. The highest BCUT2D eigenvalue weighted by Gasteiger charge is 2.28. The third-order valence-corrected chi connectivity index (χ3v) is 6.50. The average Bonchev–Trinajstić information content (AvgIpc) is 2.51. The Hall–Kier alpha value is -0.620. The summed E-state index contributed by atoms with van der Waals surface area (Å²) >= 11 is 5.98. The SMILES string of the molecule is CCCCCN1CCN(S(=O)(=O)c2ccc(Cl)c(C)c2)CC1. The van der Waals surface area contributed by atoms with Gasteiger partial charge in [-0.1, -0.05) is 31.4 Å². The van der Waals surface area contributed by atoms with Gasteiger partial charge >= 0.3 is 0 Å². The van der Waals surface area contributed by atoms with E-state index in [2.05, 4.69) is 11.8 Å².